The van der Waals surface area contributed by atoms with E-state index in [-0.39, 0.29) is 29.2 Å². The number of aromatic hydroxyl groups is 1. The van der Waals surface area contributed by atoms with Crippen molar-refractivity contribution in [2.24, 2.45) is 11.8 Å². The van der Waals surface area contributed by atoms with Gasteiger partial charge in [0.05, 0.1) is 23.6 Å². The number of hydrogen-bond donors (Lipinski definition) is 1. The Bertz CT molecular complexity index is 1080. The summed E-state index contributed by atoms with van der Waals surface area (Å²) in [5.41, 5.74) is 2.34. The lowest BCUT2D eigenvalue weighted by Gasteiger charge is -2.33. The number of ketones is 1. The first kappa shape index (κ1) is 17.8. The Balaban J connectivity index is 1.53. The van der Waals surface area contributed by atoms with Gasteiger partial charge in [-0.15, -0.1) is 0 Å². The molecule has 2 bridgehead atoms. The van der Waals surface area contributed by atoms with E-state index in [1.54, 1.807) is 24.3 Å². The quantitative estimate of drug-likeness (QED) is 0.816. The van der Waals surface area contributed by atoms with Crippen LogP contribution in [0, 0.1) is 18.8 Å². The zero-order valence-electron chi connectivity index (χ0n) is 15.9. The SMILES string of the molecule is Cc1cccc(CN2[C@@H]3C(=O)C=C[C@H]2[C@@H]2C(=O)N(c4ccccc4O)C(=O)[C@@H]23)c1. The van der Waals surface area contributed by atoms with E-state index in [0.717, 1.165) is 16.0 Å². The molecular weight excluding hydrogens is 368 g/mol. The molecule has 6 heteroatoms. The lowest BCUT2D eigenvalue weighted by atomic mass is 9.90. The van der Waals surface area contributed by atoms with Crippen LogP contribution in [0.5, 0.6) is 5.75 Å². The normalized spacial score (nSPS) is 28.3. The van der Waals surface area contributed by atoms with E-state index in [0.29, 0.717) is 6.54 Å². The molecule has 6 nitrogen and oxygen atoms in total. The van der Waals surface area contributed by atoms with Crippen molar-refractivity contribution in [2.45, 2.75) is 25.6 Å². The summed E-state index contributed by atoms with van der Waals surface area (Å²) in [6, 6.07) is 13.3. The Hall–Kier alpha value is -3.25. The van der Waals surface area contributed by atoms with Crippen LogP contribution in [0.4, 0.5) is 5.69 Å². The number of para-hydroxylation sites is 2. The monoisotopic (exact) mass is 388 g/mol. The molecular formula is C23H20N2O4. The number of benzene rings is 2. The third kappa shape index (κ3) is 2.56. The molecule has 0 radical (unpaired) electrons. The third-order valence-electron chi connectivity index (χ3n) is 6.17. The van der Waals surface area contributed by atoms with Crippen LogP contribution >= 0.6 is 0 Å². The number of rotatable bonds is 3. The molecule has 3 aliphatic rings. The second kappa shape index (κ2) is 6.39. The second-order valence-corrected chi connectivity index (χ2v) is 7.91. The average Bonchev–Trinajstić information content (AvgIpc) is 3.06. The van der Waals surface area contributed by atoms with Crippen LogP contribution in [0.25, 0.3) is 0 Å². The number of carbonyl (C=O) groups excluding carboxylic acids is 3. The molecule has 3 aliphatic heterocycles. The van der Waals surface area contributed by atoms with Crippen LogP contribution in [0.3, 0.4) is 0 Å². The molecule has 0 unspecified atom stereocenters. The number of amides is 2. The van der Waals surface area contributed by atoms with Crippen molar-refractivity contribution in [3.05, 3.63) is 71.8 Å². The summed E-state index contributed by atoms with van der Waals surface area (Å²) in [5.74, 6) is -2.42. The molecule has 4 atom stereocenters. The van der Waals surface area contributed by atoms with E-state index in [1.165, 1.54) is 12.1 Å². The molecule has 2 saturated heterocycles. The van der Waals surface area contributed by atoms with Gasteiger partial charge in [-0.05, 0) is 30.7 Å². The minimum Gasteiger partial charge on any atom is -0.506 e. The standard InChI is InChI=1S/C23H20N2O4/c1-13-5-4-6-14(11-13)12-24-16-9-10-18(27)21(24)20-19(16)22(28)25(23(20)29)15-7-2-3-8-17(15)26/h2-11,16,19-21,26H,12H2,1H3/t16-,19-,20-,21+/m0/s1. The summed E-state index contributed by atoms with van der Waals surface area (Å²) in [6.45, 7) is 2.50. The van der Waals surface area contributed by atoms with Crippen molar-refractivity contribution in [2.75, 3.05) is 4.90 Å². The zero-order valence-corrected chi connectivity index (χ0v) is 15.9. The molecule has 2 amide bonds. The summed E-state index contributed by atoms with van der Waals surface area (Å²) in [6.07, 6.45) is 3.25. The smallest absolute Gasteiger partial charge is 0.239 e. The molecule has 5 rings (SSSR count). The summed E-state index contributed by atoms with van der Waals surface area (Å²) in [4.78, 5) is 42.3. The minimum atomic E-state index is -0.737. The van der Waals surface area contributed by atoms with Crippen molar-refractivity contribution >= 4 is 23.3 Å². The average molecular weight is 388 g/mol. The largest absolute Gasteiger partial charge is 0.506 e. The lowest BCUT2D eigenvalue weighted by molar-refractivity contribution is -0.129. The Morgan fingerprint density at radius 3 is 2.48 bits per heavy atom. The highest BCUT2D eigenvalue weighted by Crippen LogP contribution is 2.48. The summed E-state index contributed by atoms with van der Waals surface area (Å²) in [7, 11) is 0. The number of nitrogens with zero attached hydrogens (tertiary/aromatic N) is 2. The van der Waals surface area contributed by atoms with Gasteiger partial charge < -0.3 is 5.11 Å². The first-order chi connectivity index (χ1) is 14.0. The molecule has 29 heavy (non-hydrogen) atoms. The van der Waals surface area contributed by atoms with Gasteiger partial charge in [-0.1, -0.05) is 48.0 Å². The highest BCUT2D eigenvalue weighted by molar-refractivity contribution is 6.25. The van der Waals surface area contributed by atoms with Crippen molar-refractivity contribution in [3.8, 4) is 5.75 Å². The van der Waals surface area contributed by atoms with Crippen LogP contribution in [0.15, 0.2) is 60.7 Å². The topological polar surface area (TPSA) is 77.9 Å². The number of aryl methyl sites for hydroxylation is 1. The number of hydrogen-bond acceptors (Lipinski definition) is 5. The van der Waals surface area contributed by atoms with Crippen LogP contribution < -0.4 is 4.90 Å². The number of imide groups is 1. The minimum absolute atomic E-state index is 0.127. The predicted octanol–water partition coefficient (Wildman–Crippen LogP) is 2.20. The van der Waals surface area contributed by atoms with Crippen molar-refractivity contribution < 1.29 is 19.5 Å². The van der Waals surface area contributed by atoms with Gasteiger partial charge in [0.1, 0.15) is 5.75 Å². The van der Waals surface area contributed by atoms with Gasteiger partial charge >= 0.3 is 0 Å². The van der Waals surface area contributed by atoms with Crippen LogP contribution in [0.1, 0.15) is 11.1 Å². The molecule has 0 aliphatic carbocycles. The van der Waals surface area contributed by atoms with Gasteiger partial charge in [-0.25, -0.2) is 4.90 Å². The molecule has 146 valence electrons. The Labute approximate surface area is 168 Å². The molecule has 2 aromatic carbocycles. The molecule has 2 aromatic rings. The van der Waals surface area contributed by atoms with Crippen LogP contribution in [-0.2, 0) is 20.9 Å². The first-order valence-corrected chi connectivity index (χ1v) is 9.66. The second-order valence-electron chi connectivity index (χ2n) is 7.91. The van der Waals surface area contributed by atoms with Gasteiger partial charge in [0, 0.05) is 12.6 Å². The molecule has 2 fully saturated rings. The summed E-state index contributed by atoms with van der Waals surface area (Å²) in [5, 5.41) is 10.2. The number of phenols is 1. The summed E-state index contributed by atoms with van der Waals surface area (Å²) < 4.78 is 0. The highest BCUT2D eigenvalue weighted by Gasteiger charge is 2.64. The van der Waals surface area contributed by atoms with Crippen molar-refractivity contribution in [3.63, 3.8) is 0 Å². The maximum atomic E-state index is 13.3. The lowest BCUT2D eigenvalue weighted by Crippen LogP contribution is -2.48. The fraction of sp³-hybridized carbons (Fsp3) is 0.261. The van der Waals surface area contributed by atoms with Gasteiger partial charge in [0.2, 0.25) is 11.8 Å². The van der Waals surface area contributed by atoms with Gasteiger partial charge in [0.15, 0.2) is 5.78 Å². The first-order valence-electron chi connectivity index (χ1n) is 9.66. The number of phenolic OH excluding ortho intramolecular Hbond substituents is 1. The Morgan fingerprint density at radius 2 is 1.72 bits per heavy atom. The molecule has 0 saturated carbocycles. The van der Waals surface area contributed by atoms with E-state index in [9.17, 15) is 19.5 Å². The van der Waals surface area contributed by atoms with E-state index < -0.39 is 23.8 Å². The molecule has 0 spiro atoms. The number of carbonyl (C=O) groups is 3. The fourth-order valence-electron chi connectivity index (χ4n) is 4.98. The molecule has 0 aromatic heterocycles. The molecule has 3 heterocycles. The van der Waals surface area contributed by atoms with Crippen molar-refractivity contribution in [1.29, 1.82) is 0 Å². The fourth-order valence-corrected chi connectivity index (χ4v) is 4.98. The van der Waals surface area contributed by atoms with Crippen molar-refractivity contribution in [1.82, 2.24) is 4.90 Å². The number of anilines is 1. The number of fused-ring (bicyclic) bond motifs is 5. The predicted molar refractivity (Wildman–Crippen MR) is 106 cm³/mol. The van der Waals surface area contributed by atoms with E-state index >= 15 is 0 Å². The van der Waals surface area contributed by atoms with Crippen LogP contribution in [-0.4, -0.2) is 39.7 Å². The van der Waals surface area contributed by atoms with Gasteiger partial charge in [0.25, 0.3) is 0 Å². The van der Waals surface area contributed by atoms with E-state index in [1.807, 2.05) is 30.0 Å². The Morgan fingerprint density at radius 1 is 0.966 bits per heavy atom. The molecule has 1 N–H and O–H groups in total. The zero-order chi connectivity index (χ0) is 20.3. The van der Waals surface area contributed by atoms with E-state index in [4.69, 9.17) is 0 Å². The van der Waals surface area contributed by atoms with E-state index in [2.05, 4.69) is 6.07 Å². The Kier molecular flexibility index (Phi) is 3.93. The van der Waals surface area contributed by atoms with Crippen LogP contribution in [0.2, 0.25) is 0 Å². The third-order valence-corrected chi connectivity index (χ3v) is 6.17. The van der Waals surface area contributed by atoms with Gasteiger partial charge in [-0.3, -0.25) is 19.3 Å². The summed E-state index contributed by atoms with van der Waals surface area (Å²) >= 11 is 0. The highest BCUT2D eigenvalue weighted by atomic mass is 16.3. The maximum Gasteiger partial charge on any atom is 0.239 e. The van der Waals surface area contributed by atoms with Gasteiger partial charge in [-0.2, -0.15) is 0 Å². The maximum absolute atomic E-state index is 13.3.